The van der Waals surface area contributed by atoms with Crippen LogP contribution in [0.5, 0.6) is 5.75 Å². The second-order valence-electron chi connectivity index (χ2n) is 6.09. The molecule has 0 saturated carbocycles. The minimum atomic E-state index is 0.0160. The number of rotatable bonds is 3. The van der Waals surface area contributed by atoms with Crippen LogP contribution in [0.25, 0.3) is 0 Å². The Morgan fingerprint density at radius 2 is 2.38 bits per heavy atom. The molecule has 0 spiro atoms. The van der Waals surface area contributed by atoms with Gasteiger partial charge in [-0.05, 0) is 31.5 Å². The van der Waals surface area contributed by atoms with E-state index >= 15 is 0 Å². The van der Waals surface area contributed by atoms with E-state index in [1.54, 1.807) is 12.3 Å². The third-order valence-electron chi connectivity index (χ3n) is 4.61. The Labute approximate surface area is 140 Å². The topological polar surface area (TPSA) is 69.5 Å². The summed E-state index contributed by atoms with van der Waals surface area (Å²) in [6.07, 6.45) is 2.63. The fourth-order valence-electron chi connectivity index (χ4n) is 3.43. The van der Waals surface area contributed by atoms with Crippen LogP contribution in [0.1, 0.15) is 35.4 Å². The van der Waals surface area contributed by atoms with Gasteiger partial charge in [-0.3, -0.25) is 4.79 Å². The van der Waals surface area contributed by atoms with E-state index in [9.17, 15) is 4.79 Å². The van der Waals surface area contributed by atoms with E-state index in [-0.39, 0.29) is 18.1 Å². The fourth-order valence-corrected chi connectivity index (χ4v) is 3.43. The maximum absolute atomic E-state index is 12.9. The van der Waals surface area contributed by atoms with Crippen LogP contribution in [-0.2, 0) is 11.3 Å². The average Bonchev–Trinajstić information content (AvgIpc) is 3.10. The van der Waals surface area contributed by atoms with Crippen LogP contribution >= 0.6 is 0 Å². The zero-order valence-corrected chi connectivity index (χ0v) is 13.6. The van der Waals surface area contributed by atoms with Gasteiger partial charge in [0.1, 0.15) is 5.75 Å². The van der Waals surface area contributed by atoms with Crippen molar-refractivity contribution in [3.05, 3.63) is 41.7 Å². The minimum absolute atomic E-state index is 0.0160. The number of benzene rings is 1. The van der Waals surface area contributed by atoms with Gasteiger partial charge < -0.3 is 14.4 Å². The molecule has 0 aliphatic carbocycles. The molecule has 2 aromatic rings. The number of amides is 1. The molecular weight excluding hydrogens is 308 g/mol. The molecule has 0 radical (unpaired) electrons. The van der Waals surface area contributed by atoms with Gasteiger partial charge in [0.25, 0.3) is 5.91 Å². The lowest BCUT2D eigenvalue weighted by Gasteiger charge is -2.41. The van der Waals surface area contributed by atoms with Crippen LogP contribution in [0, 0.1) is 0 Å². The van der Waals surface area contributed by atoms with Crippen LogP contribution in [0.3, 0.4) is 0 Å². The van der Waals surface area contributed by atoms with Gasteiger partial charge in [0, 0.05) is 18.7 Å². The van der Waals surface area contributed by atoms with Gasteiger partial charge in [0.2, 0.25) is 0 Å². The number of aromatic nitrogens is 3. The van der Waals surface area contributed by atoms with Crippen molar-refractivity contribution in [2.75, 3.05) is 19.7 Å². The van der Waals surface area contributed by atoms with Gasteiger partial charge in [0.05, 0.1) is 37.3 Å². The lowest BCUT2D eigenvalue weighted by molar-refractivity contribution is -0.0605. The predicted octanol–water partition coefficient (Wildman–Crippen LogP) is 1.66. The Morgan fingerprint density at radius 1 is 1.46 bits per heavy atom. The van der Waals surface area contributed by atoms with E-state index in [4.69, 9.17) is 9.47 Å². The normalized spacial score (nSPS) is 22.6. The molecule has 2 aliphatic rings. The van der Waals surface area contributed by atoms with Crippen molar-refractivity contribution in [1.82, 2.24) is 19.9 Å². The third kappa shape index (κ3) is 2.65. The number of carbonyl (C=O) groups is 1. The number of hydrogen-bond acceptors (Lipinski definition) is 5. The van der Waals surface area contributed by atoms with Crippen LogP contribution in [0.15, 0.2) is 30.5 Å². The quantitative estimate of drug-likeness (QED) is 0.857. The van der Waals surface area contributed by atoms with Gasteiger partial charge in [-0.25, -0.2) is 4.68 Å². The summed E-state index contributed by atoms with van der Waals surface area (Å²) in [5, 5.41) is 8.14. The molecule has 1 aromatic heterocycles. The predicted molar refractivity (Wildman–Crippen MR) is 85.8 cm³/mol. The Morgan fingerprint density at radius 3 is 3.25 bits per heavy atom. The smallest absolute Gasteiger partial charge is 0.254 e. The molecule has 0 bridgehead atoms. The summed E-state index contributed by atoms with van der Waals surface area (Å²) in [6, 6.07) is 7.38. The molecule has 1 aromatic carbocycles. The highest BCUT2D eigenvalue weighted by Crippen LogP contribution is 2.30. The molecule has 7 nitrogen and oxygen atoms in total. The van der Waals surface area contributed by atoms with E-state index in [0.29, 0.717) is 31.9 Å². The highest BCUT2D eigenvalue weighted by Gasteiger charge is 2.38. The summed E-state index contributed by atoms with van der Waals surface area (Å²) in [7, 11) is 0. The lowest BCUT2D eigenvalue weighted by Crippen LogP contribution is -2.49. The summed E-state index contributed by atoms with van der Waals surface area (Å²) in [4.78, 5) is 14.7. The van der Waals surface area contributed by atoms with E-state index in [1.807, 2.05) is 34.7 Å². The van der Waals surface area contributed by atoms with Crippen molar-refractivity contribution >= 4 is 5.91 Å². The number of ether oxygens (including phenoxy) is 2. The Kier molecular flexibility index (Phi) is 3.93. The Bertz CT molecular complexity index is 745. The van der Waals surface area contributed by atoms with Crippen molar-refractivity contribution < 1.29 is 14.3 Å². The number of likely N-dealkylation sites (tertiary alicyclic amines) is 1. The summed E-state index contributed by atoms with van der Waals surface area (Å²) in [5.74, 6) is 0.736. The largest absolute Gasteiger partial charge is 0.494 e. The summed E-state index contributed by atoms with van der Waals surface area (Å²) in [5.41, 5.74) is 1.61. The Balaban J connectivity index is 1.54. The van der Waals surface area contributed by atoms with Crippen molar-refractivity contribution in [1.29, 1.82) is 0 Å². The van der Waals surface area contributed by atoms with E-state index in [0.717, 1.165) is 17.9 Å². The van der Waals surface area contributed by atoms with E-state index in [2.05, 4.69) is 10.3 Å². The second kappa shape index (κ2) is 6.24. The van der Waals surface area contributed by atoms with Gasteiger partial charge in [0.15, 0.2) is 0 Å². The molecule has 2 aliphatic heterocycles. The highest BCUT2D eigenvalue weighted by atomic mass is 16.5. The van der Waals surface area contributed by atoms with E-state index < -0.39 is 0 Å². The highest BCUT2D eigenvalue weighted by molar-refractivity contribution is 5.94. The van der Waals surface area contributed by atoms with Crippen LogP contribution in [-0.4, -0.2) is 51.6 Å². The summed E-state index contributed by atoms with van der Waals surface area (Å²) < 4.78 is 13.3. The number of carbonyl (C=O) groups excluding carboxylic acids is 1. The van der Waals surface area contributed by atoms with Crippen molar-refractivity contribution in [2.45, 2.75) is 32.1 Å². The number of piperidine rings is 1. The zero-order valence-electron chi connectivity index (χ0n) is 13.6. The molecule has 1 fully saturated rings. The standard InChI is InChI=1S/C17H20N4O3/c1-2-23-14-5-3-4-12(8-14)17(22)20-7-6-16-15(10-20)21-13(11-24-16)9-18-19-21/h3-5,8-9,15-16H,2,6-7,10-11H2,1H3. The first-order valence-corrected chi connectivity index (χ1v) is 8.29. The molecule has 24 heavy (non-hydrogen) atoms. The van der Waals surface area contributed by atoms with Crippen molar-refractivity contribution in [3.63, 3.8) is 0 Å². The van der Waals surface area contributed by atoms with Crippen LogP contribution in [0.2, 0.25) is 0 Å². The zero-order chi connectivity index (χ0) is 16.5. The molecule has 7 heteroatoms. The second-order valence-corrected chi connectivity index (χ2v) is 6.09. The monoisotopic (exact) mass is 328 g/mol. The fraction of sp³-hybridized carbons (Fsp3) is 0.471. The molecule has 2 atom stereocenters. The molecule has 126 valence electrons. The molecular formula is C17H20N4O3. The maximum atomic E-state index is 12.9. The molecule has 1 saturated heterocycles. The van der Waals surface area contributed by atoms with Gasteiger partial charge in [-0.1, -0.05) is 11.3 Å². The van der Waals surface area contributed by atoms with Gasteiger partial charge >= 0.3 is 0 Å². The molecule has 4 rings (SSSR count). The van der Waals surface area contributed by atoms with Gasteiger partial charge in [-0.2, -0.15) is 0 Å². The van der Waals surface area contributed by atoms with Crippen LogP contribution < -0.4 is 4.74 Å². The summed E-state index contributed by atoms with van der Waals surface area (Å²) >= 11 is 0. The number of nitrogens with zero attached hydrogens (tertiary/aromatic N) is 4. The van der Waals surface area contributed by atoms with Gasteiger partial charge in [-0.15, -0.1) is 5.10 Å². The first-order chi connectivity index (χ1) is 11.8. The number of fused-ring (bicyclic) bond motifs is 3. The number of hydrogen-bond donors (Lipinski definition) is 0. The third-order valence-corrected chi connectivity index (χ3v) is 4.61. The van der Waals surface area contributed by atoms with Crippen LogP contribution in [0.4, 0.5) is 0 Å². The van der Waals surface area contributed by atoms with Crippen molar-refractivity contribution in [3.8, 4) is 5.75 Å². The average molecular weight is 328 g/mol. The first kappa shape index (κ1) is 15.1. The Hall–Kier alpha value is -2.41. The maximum Gasteiger partial charge on any atom is 0.254 e. The lowest BCUT2D eigenvalue weighted by atomic mass is 9.99. The molecule has 2 unspecified atom stereocenters. The minimum Gasteiger partial charge on any atom is -0.494 e. The molecule has 3 heterocycles. The van der Waals surface area contributed by atoms with Crippen molar-refractivity contribution in [2.24, 2.45) is 0 Å². The van der Waals surface area contributed by atoms with E-state index in [1.165, 1.54) is 0 Å². The first-order valence-electron chi connectivity index (χ1n) is 8.29. The molecule has 0 N–H and O–H groups in total. The summed E-state index contributed by atoms with van der Waals surface area (Å²) in [6.45, 7) is 4.32. The SMILES string of the molecule is CCOc1cccc(C(=O)N2CCC3OCc4cnnn4C3C2)c1. The molecule has 1 amide bonds.